The van der Waals surface area contributed by atoms with Crippen LogP contribution in [-0.4, -0.2) is 41.9 Å². The monoisotopic (exact) mass is 389 g/mol. The van der Waals surface area contributed by atoms with Gasteiger partial charge in [-0.3, -0.25) is 0 Å². The molecule has 1 fully saturated rings. The van der Waals surface area contributed by atoms with Gasteiger partial charge in [-0.2, -0.15) is 4.31 Å². The lowest BCUT2D eigenvalue weighted by Gasteiger charge is -2.31. The van der Waals surface area contributed by atoms with Gasteiger partial charge >= 0.3 is 6.01 Å². The van der Waals surface area contributed by atoms with Crippen LogP contribution >= 0.6 is 11.6 Å². The molecule has 2 heterocycles. The predicted molar refractivity (Wildman–Crippen MR) is 85.8 cm³/mol. The molecule has 1 atom stereocenters. The maximum Gasteiger partial charge on any atom is 0.316 e. The Morgan fingerprint density at radius 3 is 2.64 bits per heavy atom. The highest BCUT2D eigenvalue weighted by Gasteiger charge is 2.33. The molecule has 1 aromatic heterocycles. The second-order valence-corrected chi connectivity index (χ2v) is 7.85. The van der Waals surface area contributed by atoms with Crippen molar-refractivity contribution in [2.45, 2.75) is 23.8 Å². The van der Waals surface area contributed by atoms with E-state index in [4.69, 9.17) is 16.3 Å². The number of nitrogens with zero attached hydrogens (tertiary/aromatic N) is 3. The molecule has 3 rings (SSSR count). The fourth-order valence-electron chi connectivity index (χ4n) is 2.55. The molecule has 134 valence electrons. The van der Waals surface area contributed by atoms with Gasteiger partial charge in [-0.25, -0.2) is 27.2 Å². The van der Waals surface area contributed by atoms with E-state index >= 15 is 0 Å². The molecule has 0 saturated carbocycles. The van der Waals surface area contributed by atoms with E-state index in [9.17, 15) is 17.2 Å². The van der Waals surface area contributed by atoms with Crippen molar-refractivity contribution >= 4 is 21.6 Å². The molecule has 1 saturated heterocycles. The van der Waals surface area contributed by atoms with Crippen LogP contribution in [0.2, 0.25) is 5.02 Å². The Morgan fingerprint density at radius 1 is 1.24 bits per heavy atom. The molecule has 0 N–H and O–H groups in total. The van der Waals surface area contributed by atoms with E-state index in [1.165, 1.54) is 12.4 Å². The Morgan fingerprint density at radius 2 is 1.96 bits per heavy atom. The zero-order valence-electron chi connectivity index (χ0n) is 12.9. The normalized spacial score (nSPS) is 18.9. The third-order valence-electron chi connectivity index (χ3n) is 3.72. The average molecular weight is 390 g/mol. The van der Waals surface area contributed by atoms with Gasteiger partial charge in [0.25, 0.3) is 0 Å². The Bertz CT molecular complexity index is 865. The lowest BCUT2D eigenvalue weighted by Crippen LogP contribution is -2.44. The highest BCUT2D eigenvalue weighted by molar-refractivity contribution is 7.89. The van der Waals surface area contributed by atoms with Gasteiger partial charge in [0, 0.05) is 12.6 Å². The summed E-state index contributed by atoms with van der Waals surface area (Å²) in [4.78, 5) is 7.26. The molecule has 1 aliphatic rings. The summed E-state index contributed by atoms with van der Waals surface area (Å²) in [6.45, 7) is 0.242. The molecular weight excluding hydrogens is 376 g/mol. The van der Waals surface area contributed by atoms with E-state index in [1.54, 1.807) is 0 Å². The first-order valence-electron chi connectivity index (χ1n) is 7.45. The van der Waals surface area contributed by atoms with Crippen molar-refractivity contribution in [3.05, 3.63) is 47.2 Å². The number of aromatic nitrogens is 2. The first kappa shape index (κ1) is 18.0. The van der Waals surface area contributed by atoms with Gasteiger partial charge in [0.1, 0.15) is 22.6 Å². The van der Waals surface area contributed by atoms with Crippen LogP contribution in [-0.2, 0) is 10.0 Å². The second kappa shape index (κ2) is 7.19. The largest absolute Gasteiger partial charge is 0.459 e. The van der Waals surface area contributed by atoms with E-state index in [0.29, 0.717) is 23.9 Å². The maximum absolute atomic E-state index is 13.9. The van der Waals surface area contributed by atoms with E-state index < -0.39 is 32.7 Å². The van der Waals surface area contributed by atoms with Crippen LogP contribution in [0.4, 0.5) is 8.78 Å². The maximum atomic E-state index is 13.9. The van der Waals surface area contributed by atoms with Gasteiger partial charge in [-0.1, -0.05) is 11.6 Å². The van der Waals surface area contributed by atoms with Crippen LogP contribution < -0.4 is 4.74 Å². The lowest BCUT2D eigenvalue weighted by atomic mass is 10.1. The molecule has 6 nitrogen and oxygen atoms in total. The smallest absolute Gasteiger partial charge is 0.316 e. The Labute approximate surface area is 148 Å². The van der Waals surface area contributed by atoms with Crippen LogP contribution in [0.1, 0.15) is 12.8 Å². The fourth-order valence-corrected chi connectivity index (χ4v) is 4.21. The summed E-state index contributed by atoms with van der Waals surface area (Å²) >= 11 is 5.70. The van der Waals surface area contributed by atoms with Gasteiger partial charge in [0.15, 0.2) is 0 Å². The Hall–Kier alpha value is -1.84. The summed E-state index contributed by atoms with van der Waals surface area (Å²) in [7, 11) is -4.09. The minimum Gasteiger partial charge on any atom is -0.459 e. The molecule has 1 aromatic carbocycles. The zero-order chi connectivity index (χ0) is 18.0. The summed E-state index contributed by atoms with van der Waals surface area (Å²) in [5.74, 6) is -1.96. The molecule has 1 unspecified atom stereocenters. The number of halogens is 3. The molecule has 2 aromatic rings. The average Bonchev–Trinajstić information content (AvgIpc) is 2.57. The molecule has 1 aliphatic heterocycles. The van der Waals surface area contributed by atoms with Crippen molar-refractivity contribution < 1.29 is 21.9 Å². The molecular formula is C15H14ClF2N3O3S. The van der Waals surface area contributed by atoms with Gasteiger partial charge in [-0.15, -0.1) is 0 Å². The van der Waals surface area contributed by atoms with E-state index in [1.807, 2.05) is 0 Å². The molecule has 25 heavy (non-hydrogen) atoms. The minimum atomic E-state index is -4.09. The third kappa shape index (κ3) is 4.05. The zero-order valence-corrected chi connectivity index (χ0v) is 14.5. The number of ether oxygens (including phenoxy) is 1. The highest BCUT2D eigenvalue weighted by Crippen LogP contribution is 2.25. The molecule has 0 amide bonds. The van der Waals surface area contributed by atoms with Crippen LogP contribution in [0, 0.1) is 11.6 Å². The van der Waals surface area contributed by atoms with E-state index in [0.717, 1.165) is 16.4 Å². The molecule has 0 spiro atoms. The SMILES string of the molecule is O=S(=O)(c1ccc(F)cc1F)N1CCCC(Oc2ncc(Cl)cn2)C1. The summed E-state index contributed by atoms with van der Waals surface area (Å²) < 4.78 is 58.8. The summed E-state index contributed by atoms with van der Waals surface area (Å²) in [5.41, 5.74) is 0. The molecule has 10 heteroatoms. The van der Waals surface area contributed by atoms with E-state index in [-0.39, 0.29) is 19.1 Å². The van der Waals surface area contributed by atoms with Gasteiger partial charge < -0.3 is 4.74 Å². The van der Waals surface area contributed by atoms with Crippen molar-refractivity contribution in [3.63, 3.8) is 0 Å². The summed E-state index contributed by atoms with van der Waals surface area (Å²) in [6, 6.07) is 2.47. The first-order chi connectivity index (χ1) is 11.9. The van der Waals surface area contributed by atoms with Crippen molar-refractivity contribution in [1.29, 1.82) is 0 Å². The molecule has 0 bridgehead atoms. The van der Waals surface area contributed by atoms with Gasteiger partial charge in [0.05, 0.1) is 24.0 Å². The van der Waals surface area contributed by atoms with Crippen molar-refractivity contribution in [1.82, 2.24) is 14.3 Å². The first-order valence-corrected chi connectivity index (χ1v) is 9.27. The van der Waals surface area contributed by atoms with Gasteiger partial charge in [0.2, 0.25) is 10.0 Å². The fraction of sp³-hybridized carbons (Fsp3) is 0.333. The van der Waals surface area contributed by atoms with Crippen molar-refractivity contribution in [3.8, 4) is 6.01 Å². The number of sulfonamides is 1. The quantitative estimate of drug-likeness (QED) is 0.803. The van der Waals surface area contributed by atoms with Crippen LogP contribution in [0.15, 0.2) is 35.5 Å². The number of rotatable bonds is 4. The number of hydrogen-bond donors (Lipinski definition) is 0. The lowest BCUT2D eigenvalue weighted by molar-refractivity contribution is 0.119. The van der Waals surface area contributed by atoms with Crippen molar-refractivity contribution in [2.24, 2.45) is 0 Å². The van der Waals surface area contributed by atoms with Crippen LogP contribution in [0.5, 0.6) is 6.01 Å². The third-order valence-corrected chi connectivity index (χ3v) is 5.81. The van der Waals surface area contributed by atoms with Crippen molar-refractivity contribution in [2.75, 3.05) is 13.1 Å². The molecule has 0 radical (unpaired) electrons. The number of hydrogen-bond acceptors (Lipinski definition) is 5. The van der Waals surface area contributed by atoms with Crippen LogP contribution in [0.25, 0.3) is 0 Å². The predicted octanol–water partition coefficient (Wildman–Crippen LogP) is 2.64. The highest BCUT2D eigenvalue weighted by atomic mass is 35.5. The van der Waals surface area contributed by atoms with E-state index in [2.05, 4.69) is 9.97 Å². The van der Waals surface area contributed by atoms with Gasteiger partial charge in [-0.05, 0) is 25.0 Å². The summed E-state index contributed by atoms with van der Waals surface area (Å²) in [6.07, 6.45) is 3.39. The topological polar surface area (TPSA) is 72.4 Å². The Kier molecular flexibility index (Phi) is 5.16. The minimum absolute atomic E-state index is 0.0190. The second-order valence-electron chi connectivity index (χ2n) is 5.50. The number of benzene rings is 1. The Balaban J connectivity index is 1.76. The summed E-state index contributed by atoms with van der Waals surface area (Å²) in [5, 5.41) is 0.354. The molecule has 0 aliphatic carbocycles. The standard InChI is InChI=1S/C15H14ClF2N3O3S/c16-10-7-19-15(20-8-10)24-12-2-1-5-21(9-12)25(22,23)14-4-3-11(17)6-13(14)18/h3-4,6-8,12H,1-2,5,9H2. The number of piperidine rings is 1. The van der Waals surface area contributed by atoms with Crippen LogP contribution in [0.3, 0.4) is 0 Å².